The Morgan fingerprint density at radius 2 is 1.76 bits per heavy atom. The van der Waals surface area contributed by atoms with Crippen LogP contribution < -0.4 is 10.6 Å². The summed E-state index contributed by atoms with van der Waals surface area (Å²) in [6, 6.07) is 14.2. The number of carbonyl (C=O) groups is 2. The van der Waals surface area contributed by atoms with E-state index in [1.54, 1.807) is 23.5 Å². The second-order valence-corrected chi connectivity index (χ2v) is 11.7. The number of hydrogen-bond acceptors (Lipinski definition) is 6. The van der Waals surface area contributed by atoms with Gasteiger partial charge in [0, 0.05) is 17.8 Å². The minimum absolute atomic E-state index is 0.165. The maximum Gasteiger partial charge on any atom is 0.323 e. The summed E-state index contributed by atoms with van der Waals surface area (Å²) in [4.78, 5) is 32.8. The molecule has 2 N–H and O–H groups in total. The molecule has 2 amide bonds. The second-order valence-electron chi connectivity index (χ2n) is 10.2. The van der Waals surface area contributed by atoms with Crippen LogP contribution in [0.3, 0.4) is 0 Å². The van der Waals surface area contributed by atoms with Gasteiger partial charge < -0.3 is 15.4 Å². The quantitative estimate of drug-likeness (QED) is 0.328. The smallest absolute Gasteiger partial charge is 0.323 e. The summed E-state index contributed by atoms with van der Waals surface area (Å²) < 4.78 is 5.55. The Balaban J connectivity index is 1.30. The Morgan fingerprint density at radius 3 is 2.41 bits per heavy atom. The first-order chi connectivity index (χ1) is 17.6. The first-order valence-electron chi connectivity index (χ1n) is 12.4. The van der Waals surface area contributed by atoms with Crippen molar-refractivity contribution in [1.82, 2.24) is 9.88 Å². The molecule has 0 radical (unpaired) electrons. The number of ether oxygens (including phenoxy) is 1. The minimum atomic E-state index is -0.474. The van der Waals surface area contributed by atoms with E-state index in [0.717, 1.165) is 41.4 Å². The Morgan fingerprint density at radius 1 is 1.08 bits per heavy atom. The molecule has 196 valence electrons. The topological polar surface area (TPSA) is 83.6 Å². The van der Waals surface area contributed by atoms with Gasteiger partial charge in [0.2, 0.25) is 0 Å². The lowest BCUT2D eigenvalue weighted by molar-refractivity contribution is -0.161. The fourth-order valence-corrected chi connectivity index (χ4v) is 5.52. The number of likely N-dealkylation sites (tertiary alicyclic amines) is 1. The number of benzene rings is 2. The summed E-state index contributed by atoms with van der Waals surface area (Å²) in [5.74, 6) is 0.219. The number of carbonyl (C=O) groups excluding carboxylic acids is 2. The number of thiazole rings is 1. The van der Waals surface area contributed by atoms with Crippen LogP contribution in [0.4, 0.5) is 16.2 Å². The number of rotatable bonds is 6. The standard InChI is InChI=1S/C28H33ClN4O3S/c1-18(26(34)36-28(2,3)4)33-15-13-20(14-16-33)25-30-17-24(37-25)19-9-11-21(12-10-19)31-27(35)32-23-8-6-5-7-22(23)29/h5-12,17-18,20H,13-16H2,1-4H3,(H2,31,32,35). The average Bonchev–Trinajstić information content (AvgIpc) is 3.35. The zero-order valence-corrected chi connectivity index (χ0v) is 23.2. The third-order valence-electron chi connectivity index (χ3n) is 6.25. The van der Waals surface area contributed by atoms with Crippen LogP contribution in [-0.2, 0) is 9.53 Å². The van der Waals surface area contributed by atoms with Gasteiger partial charge in [-0.05, 0) is 83.5 Å². The van der Waals surface area contributed by atoms with Crippen molar-refractivity contribution in [3.05, 3.63) is 64.8 Å². The largest absolute Gasteiger partial charge is 0.459 e. The van der Waals surface area contributed by atoms with Crippen LogP contribution in [0, 0.1) is 0 Å². The van der Waals surface area contributed by atoms with Gasteiger partial charge in [-0.25, -0.2) is 9.78 Å². The van der Waals surface area contributed by atoms with E-state index < -0.39 is 5.60 Å². The Bertz CT molecular complexity index is 1230. The summed E-state index contributed by atoms with van der Waals surface area (Å²) in [6.07, 6.45) is 3.84. The van der Waals surface area contributed by atoms with Crippen molar-refractivity contribution in [2.24, 2.45) is 0 Å². The third-order valence-corrected chi connectivity index (χ3v) is 7.79. The molecule has 1 aliphatic rings. The highest BCUT2D eigenvalue weighted by atomic mass is 35.5. The molecule has 0 spiro atoms. The molecule has 0 saturated carbocycles. The van der Waals surface area contributed by atoms with Crippen molar-refractivity contribution in [1.29, 1.82) is 0 Å². The molecular formula is C28H33ClN4O3S. The van der Waals surface area contributed by atoms with Gasteiger partial charge in [0.25, 0.3) is 0 Å². The molecule has 1 saturated heterocycles. The normalized spacial score (nSPS) is 15.7. The molecule has 4 rings (SSSR count). The first-order valence-corrected chi connectivity index (χ1v) is 13.6. The molecule has 1 aliphatic heterocycles. The number of esters is 1. The monoisotopic (exact) mass is 540 g/mol. The van der Waals surface area contributed by atoms with E-state index in [0.29, 0.717) is 22.3 Å². The minimum Gasteiger partial charge on any atom is -0.459 e. The van der Waals surface area contributed by atoms with E-state index in [1.807, 2.05) is 70.3 Å². The number of urea groups is 1. The van der Waals surface area contributed by atoms with E-state index in [2.05, 4.69) is 15.5 Å². The molecule has 1 fully saturated rings. The second kappa shape index (κ2) is 11.6. The summed E-state index contributed by atoms with van der Waals surface area (Å²) in [7, 11) is 0. The van der Waals surface area contributed by atoms with Crippen LogP contribution in [0.5, 0.6) is 0 Å². The molecule has 7 nitrogen and oxygen atoms in total. The van der Waals surface area contributed by atoms with Crippen LogP contribution in [0.1, 0.15) is 51.5 Å². The lowest BCUT2D eigenvalue weighted by Crippen LogP contribution is -2.45. The number of amides is 2. The van der Waals surface area contributed by atoms with E-state index in [9.17, 15) is 9.59 Å². The van der Waals surface area contributed by atoms with Crippen molar-refractivity contribution >= 4 is 46.3 Å². The molecule has 0 aliphatic carbocycles. The Labute approximate surface area is 227 Å². The van der Waals surface area contributed by atoms with Crippen molar-refractivity contribution < 1.29 is 14.3 Å². The number of piperidine rings is 1. The maximum atomic E-state index is 12.4. The van der Waals surface area contributed by atoms with Gasteiger partial charge in [-0.2, -0.15) is 0 Å². The molecule has 3 aromatic rings. The van der Waals surface area contributed by atoms with E-state index in [4.69, 9.17) is 21.3 Å². The summed E-state index contributed by atoms with van der Waals surface area (Å²) >= 11 is 7.81. The van der Waals surface area contributed by atoms with Gasteiger partial charge >= 0.3 is 12.0 Å². The lowest BCUT2D eigenvalue weighted by atomic mass is 9.96. The van der Waals surface area contributed by atoms with Crippen LogP contribution in [0.2, 0.25) is 5.02 Å². The summed E-state index contributed by atoms with van der Waals surface area (Å²) in [5, 5.41) is 7.19. The predicted molar refractivity (Wildman–Crippen MR) is 150 cm³/mol. The lowest BCUT2D eigenvalue weighted by Gasteiger charge is -2.35. The molecule has 37 heavy (non-hydrogen) atoms. The number of nitrogens with zero attached hydrogens (tertiary/aromatic N) is 2. The van der Waals surface area contributed by atoms with Gasteiger partial charge in [-0.1, -0.05) is 35.9 Å². The number of hydrogen-bond donors (Lipinski definition) is 2. The maximum absolute atomic E-state index is 12.4. The van der Waals surface area contributed by atoms with E-state index in [-0.39, 0.29) is 18.0 Å². The number of para-hydroxylation sites is 1. The first kappa shape index (κ1) is 27.1. The molecule has 2 heterocycles. The zero-order chi connectivity index (χ0) is 26.6. The number of nitrogens with one attached hydrogen (secondary N) is 2. The van der Waals surface area contributed by atoms with Crippen LogP contribution in [0.15, 0.2) is 54.7 Å². The summed E-state index contributed by atoms with van der Waals surface area (Å²) in [5.41, 5.74) is 1.82. The van der Waals surface area contributed by atoms with E-state index in [1.165, 1.54) is 0 Å². The fourth-order valence-electron chi connectivity index (χ4n) is 4.24. The van der Waals surface area contributed by atoms with Crippen molar-refractivity contribution in [2.75, 3.05) is 23.7 Å². The van der Waals surface area contributed by atoms with Gasteiger partial charge in [0.05, 0.1) is 20.6 Å². The Hall–Kier alpha value is -2.94. The molecule has 1 aromatic heterocycles. The number of halogens is 1. The van der Waals surface area contributed by atoms with Crippen LogP contribution >= 0.6 is 22.9 Å². The SMILES string of the molecule is CC(C(=O)OC(C)(C)C)N1CCC(c2ncc(-c3ccc(NC(=O)Nc4ccccc4Cl)cc3)s2)CC1. The number of anilines is 2. The van der Waals surface area contributed by atoms with Crippen LogP contribution in [0.25, 0.3) is 10.4 Å². The molecular weight excluding hydrogens is 508 g/mol. The van der Waals surface area contributed by atoms with Gasteiger partial charge in [-0.15, -0.1) is 11.3 Å². The highest BCUT2D eigenvalue weighted by Gasteiger charge is 2.31. The Kier molecular flexibility index (Phi) is 8.52. The van der Waals surface area contributed by atoms with Crippen molar-refractivity contribution in [3.8, 4) is 10.4 Å². The fraction of sp³-hybridized carbons (Fsp3) is 0.393. The molecule has 0 bridgehead atoms. The highest BCUT2D eigenvalue weighted by molar-refractivity contribution is 7.15. The van der Waals surface area contributed by atoms with Gasteiger partial charge in [0.1, 0.15) is 11.6 Å². The molecule has 2 aromatic carbocycles. The molecule has 1 atom stereocenters. The van der Waals surface area contributed by atoms with Gasteiger partial charge in [0.15, 0.2) is 0 Å². The van der Waals surface area contributed by atoms with Crippen molar-refractivity contribution in [2.45, 2.75) is 58.1 Å². The highest BCUT2D eigenvalue weighted by Crippen LogP contribution is 2.35. The van der Waals surface area contributed by atoms with E-state index >= 15 is 0 Å². The van der Waals surface area contributed by atoms with Gasteiger partial charge in [-0.3, -0.25) is 9.69 Å². The van der Waals surface area contributed by atoms with Crippen molar-refractivity contribution in [3.63, 3.8) is 0 Å². The predicted octanol–water partition coefficient (Wildman–Crippen LogP) is 7.02. The van der Waals surface area contributed by atoms with Crippen LogP contribution in [-0.4, -0.2) is 46.6 Å². The number of aromatic nitrogens is 1. The zero-order valence-electron chi connectivity index (χ0n) is 21.6. The molecule has 1 unspecified atom stereocenters. The third kappa shape index (κ3) is 7.31. The average molecular weight is 541 g/mol. The summed E-state index contributed by atoms with van der Waals surface area (Å²) in [6.45, 7) is 9.30. The molecule has 9 heteroatoms.